The van der Waals surface area contributed by atoms with Gasteiger partial charge in [-0.1, -0.05) is 26.8 Å². The SMILES string of the molecule is CCOc1ccc(NC(=S)Nc2cc(C(C)(C)C)ccc2O)cc1. The minimum absolute atomic E-state index is 0.00567. The summed E-state index contributed by atoms with van der Waals surface area (Å²) in [6, 6.07) is 13.1. The average molecular weight is 344 g/mol. The van der Waals surface area contributed by atoms with Gasteiger partial charge in [-0.15, -0.1) is 0 Å². The number of phenols is 1. The number of phenolic OH excluding ortho intramolecular Hbond substituents is 1. The molecule has 2 aromatic rings. The van der Waals surface area contributed by atoms with Crippen molar-refractivity contribution in [2.75, 3.05) is 17.2 Å². The lowest BCUT2D eigenvalue weighted by molar-refractivity contribution is 0.340. The predicted molar refractivity (Wildman–Crippen MR) is 104 cm³/mol. The molecular formula is C19H24N2O2S. The Bertz CT molecular complexity index is 706. The third-order valence-electron chi connectivity index (χ3n) is 3.53. The van der Waals surface area contributed by atoms with E-state index in [1.54, 1.807) is 6.07 Å². The van der Waals surface area contributed by atoms with Crippen molar-refractivity contribution in [3.63, 3.8) is 0 Å². The maximum atomic E-state index is 10.0. The van der Waals surface area contributed by atoms with Gasteiger partial charge < -0.3 is 20.5 Å². The van der Waals surface area contributed by atoms with Crippen LogP contribution in [0.2, 0.25) is 0 Å². The van der Waals surface area contributed by atoms with Gasteiger partial charge in [-0.2, -0.15) is 0 Å². The van der Waals surface area contributed by atoms with Gasteiger partial charge >= 0.3 is 0 Å². The van der Waals surface area contributed by atoms with Gasteiger partial charge in [0, 0.05) is 5.69 Å². The van der Waals surface area contributed by atoms with E-state index in [4.69, 9.17) is 17.0 Å². The van der Waals surface area contributed by atoms with Crippen molar-refractivity contribution in [1.82, 2.24) is 0 Å². The standard InChI is InChI=1S/C19H24N2O2S/c1-5-23-15-9-7-14(8-10-15)20-18(24)21-16-12-13(19(2,3)4)6-11-17(16)22/h6-12,22H,5H2,1-4H3,(H2,20,21,24). The van der Waals surface area contributed by atoms with E-state index in [0.29, 0.717) is 17.4 Å². The molecule has 0 radical (unpaired) electrons. The van der Waals surface area contributed by atoms with Crippen LogP contribution >= 0.6 is 12.2 Å². The second kappa shape index (κ2) is 7.53. The lowest BCUT2D eigenvalue weighted by atomic mass is 9.87. The van der Waals surface area contributed by atoms with Crippen LogP contribution in [-0.4, -0.2) is 16.8 Å². The first-order valence-corrected chi connectivity index (χ1v) is 8.35. The highest BCUT2D eigenvalue weighted by atomic mass is 32.1. The average Bonchev–Trinajstić information content (AvgIpc) is 2.50. The Labute approximate surface area is 148 Å². The maximum Gasteiger partial charge on any atom is 0.175 e. The number of rotatable bonds is 4. The van der Waals surface area contributed by atoms with E-state index in [0.717, 1.165) is 17.0 Å². The molecule has 0 atom stereocenters. The molecule has 24 heavy (non-hydrogen) atoms. The lowest BCUT2D eigenvalue weighted by Crippen LogP contribution is -2.20. The number of hydrogen-bond donors (Lipinski definition) is 3. The fourth-order valence-corrected chi connectivity index (χ4v) is 2.42. The molecule has 0 bridgehead atoms. The molecule has 0 spiro atoms. The van der Waals surface area contributed by atoms with Gasteiger partial charge in [0.05, 0.1) is 12.3 Å². The molecule has 0 amide bonds. The Morgan fingerprint density at radius 2 is 1.75 bits per heavy atom. The van der Waals surface area contributed by atoms with E-state index in [9.17, 15) is 5.11 Å². The number of aromatic hydroxyl groups is 1. The fraction of sp³-hybridized carbons (Fsp3) is 0.316. The molecule has 0 aliphatic carbocycles. The Hall–Kier alpha value is -2.27. The molecule has 3 N–H and O–H groups in total. The summed E-state index contributed by atoms with van der Waals surface area (Å²) in [4.78, 5) is 0. The van der Waals surface area contributed by atoms with Crippen LogP contribution in [0, 0.1) is 0 Å². The normalized spacial score (nSPS) is 11.0. The predicted octanol–water partition coefficient (Wildman–Crippen LogP) is 4.90. The van der Waals surface area contributed by atoms with Gasteiger partial charge in [-0.05, 0) is 66.5 Å². The quantitative estimate of drug-likeness (QED) is 0.544. The Morgan fingerprint density at radius 3 is 2.33 bits per heavy atom. The van der Waals surface area contributed by atoms with Gasteiger partial charge in [0.1, 0.15) is 11.5 Å². The first-order valence-electron chi connectivity index (χ1n) is 7.94. The van der Waals surface area contributed by atoms with Crippen molar-refractivity contribution < 1.29 is 9.84 Å². The van der Waals surface area contributed by atoms with E-state index in [1.165, 1.54) is 0 Å². The van der Waals surface area contributed by atoms with Gasteiger partial charge in [-0.3, -0.25) is 0 Å². The Morgan fingerprint density at radius 1 is 1.08 bits per heavy atom. The van der Waals surface area contributed by atoms with Gasteiger partial charge in [-0.25, -0.2) is 0 Å². The van der Waals surface area contributed by atoms with E-state index in [-0.39, 0.29) is 11.2 Å². The smallest absolute Gasteiger partial charge is 0.175 e. The van der Waals surface area contributed by atoms with Crippen LogP contribution in [0.15, 0.2) is 42.5 Å². The second-order valence-electron chi connectivity index (χ2n) is 6.52. The molecule has 0 fully saturated rings. The van der Waals surface area contributed by atoms with Crippen LogP contribution in [0.4, 0.5) is 11.4 Å². The molecule has 0 aliphatic rings. The van der Waals surface area contributed by atoms with Crippen molar-refractivity contribution in [1.29, 1.82) is 0 Å². The first-order chi connectivity index (χ1) is 11.3. The molecule has 0 aliphatic heterocycles. The topological polar surface area (TPSA) is 53.5 Å². The van der Waals surface area contributed by atoms with Crippen LogP contribution in [0.5, 0.6) is 11.5 Å². The molecule has 5 heteroatoms. The number of hydrogen-bond acceptors (Lipinski definition) is 3. The van der Waals surface area contributed by atoms with Gasteiger partial charge in [0.2, 0.25) is 0 Å². The van der Waals surface area contributed by atoms with Crippen LogP contribution in [-0.2, 0) is 5.41 Å². The zero-order chi connectivity index (χ0) is 17.7. The van der Waals surface area contributed by atoms with Crippen molar-refractivity contribution in [3.05, 3.63) is 48.0 Å². The summed E-state index contributed by atoms with van der Waals surface area (Å²) in [7, 11) is 0. The summed E-state index contributed by atoms with van der Waals surface area (Å²) in [5.74, 6) is 0.983. The molecule has 4 nitrogen and oxygen atoms in total. The van der Waals surface area contributed by atoms with Crippen LogP contribution in [0.3, 0.4) is 0 Å². The third kappa shape index (κ3) is 4.86. The Balaban J connectivity index is 2.06. The number of benzene rings is 2. The zero-order valence-corrected chi connectivity index (χ0v) is 15.3. The van der Waals surface area contributed by atoms with Crippen LogP contribution < -0.4 is 15.4 Å². The van der Waals surface area contributed by atoms with Crippen LogP contribution in [0.1, 0.15) is 33.3 Å². The van der Waals surface area contributed by atoms with Gasteiger partial charge in [0.15, 0.2) is 5.11 Å². The summed E-state index contributed by atoms with van der Waals surface area (Å²) in [5.41, 5.74) is 2.55. The fourth-order valence-electron chi connectivity index (χ4n) is 2.19. The summed E-state index contributed by atoms with van der Waals surface area (Å²) >= 11 is 5.33. The summed E-state index contributed by atoms with van der Waals surface area (Å²) in [6.07, 6.45) is 0. The van der Waals surface area contributed by atoms with Crippen molar-refractivity contribution in [2.24, 2.45) is 0 Å². The third-order valence-corrected chi connectivity index (χ3v) is 3.74. The molecule has 0 saturated heterocycles. The number of thiocarbonyl (C=S) groups is 1. The molecule has 128 valence electrons. The number of anilines is 2. The molecule has 0 saturated carbocycles. The lowest BCUT2D eigenvalue weighted by Gasteiger charge is -2.21. The molecule has 0 heterocycles. The van der Waals surface area contributed by atoms with Crippen molar-refractivity contribution in [3.8, 4) is 11.5 Å². The maximum absolute atomic E-state index is 10.0. The molecule has 0 aromatic heterocycles. The van der Waals surface area contributed by atoms with Crippen molar-refractivity contribution >= 4 is 28.7 Å². The first kappa shape index (κ1) is 18.1. The number of ether oxygens (including phenoxy) is 1. The zero-order valence-electron chi connectivity index (χ0n) is 14.5. The second-order valence-corrected chi connectivity index (χ2v) is 6.93. The highest BCUT2D eigenvalue weighted by Gasteiger charge is 2.15. The minimum Gasteiger partial charge on any atom is -0.506 e. The summed E-state index contributed by atoms with van der Waals surface area (Å²) < 4.78 is 5.41. The highest BCUT2D eigenvalue weighted by Crippen LogP contribution is 2.30. The molecule has 2 aromatic carbocycles. The van der Waals surface area contributed by atoms with E-state index >= 15 is 0 Å². The minimum atomic E-state index is -0.00567. The largest absolute Gasteiger partial charge is 0.506 e. The summed E-state index contributed by atoms with van der Waals surface area (Å²) in [5, 5.41) is 16.6. The molecular weight excluding hydrogens is 320 g/mol. The van der Waals surface area contributed by atoms with E-state index < -0.39 is 0 Å². The Kier molecular flexibility index (Phi) is 5.67. The number of nitrogens with one attached hydrogen (secondary N) is 2. The van der Waals surface area contributed by atoms with E-state index in [1.807, 2.05) is 43.3 Å². The summed E-state index contributed by atoms with van der Waals surface area (Å²) in [6.45, 7) is 8.96. The van der Waals surface area contributed by atoms with Gasteiger partial charge in [0.25, 0.3) is 0 Å². The highest BCUT2D eigenvalue weighted by molar-refractivity contribution is 7.80. The van der Waals surface area contributed by atoms with Crippen molar-refractivity contribution in [2.45, 2.75) is 33.1 Å². The monoisotopic (exact) mass is 344 g/mol. The molecule has 2 rings (SSSR count). The molecule has 0 unspecified atom stereocenters. The van der Waals surface area contributed by atoms with E-state index in [2.05, 4.69) is 31.4 Å². The van der Waals surface area contributed by atoms with Crippen LogP contribution in [0.25, 0.3) is 0 Å².